The fourth-order valence-corrected chi connectivity index (χ4v) is 3.13. The van der Waals surface area contributed by atoms with Gasteiger partial charge in [-0.2, -0.15) is 13.2 Å². The second kappa shape index (κ2) is 8.39. The van der Waals surface area contributed by atoms with E-state index < -0.39 is 34.8 Å². The minimum atomic E-state index is -4.68. The van der Waals surface area contributed by atoms with Crippen LogP contribution in [0.3, 0.4) is 0 Å². The number of hydrogen-bond donors (Lipinski definition) is 1. The molecule has 0 bridgehead atoms. The Bertz CT molecular complexity index is 908. The van der Waals surface area contributed by atoms with Crippen LogP contribution < -0.4 is 10.9 Å². The number of carbonyl (C=O) groups excluding carboxylic acids is 1. The highest BCUT2D eigenvalue weighted by Gasteiger charge is 2.32. The number of amides is 1. The van der Waals surface area contributed by atoms with Crippen LogP contribution in [0, 0.1) is 0 Å². The van der Waals surface area contributed by atoms with E-state index >= 15 is 0 Å². The zero-order valence-electron chi connectivity index (χ0n) is 16.0. The molecule has 4 nitrogen and oxygen atoms in total. The van der Waals surface area contributed by atoms with Crippen LogP contribution in [-0.2, 0) is 17.5 Å². The van der Waals surface area contributed by atoms with Gasteiger partial charge in [0.05, 0.1) is 5.56 Å². The van der Waals surface area contributed by atoms with Crippen LogP contribution in [0.25, 0.3) is 0 Å². The van der Waals surface area contributed by atoms with E-state index in [2.05, 4.69) is 5.32 Å². The largest absolute Gasteiger partial charge is 0.417 e. The Kier molecular flexibility index (Phi) is 6.59. The van der Waals surface area contributed by atoms with E-state index in [1.807, 2.05) is 45.9 Å². The predicted molar refractivity (Wildman–Crippen MR) is 104 cm³/mol. The third-order valence-electron chi connectivity index (χ3n) is 4.32. The highest BCUT2D eigenvalue weighted by molar-refractivity contribution is 6.30. The summed E-state index contributed by atoms with van der Waals surface area (Å²) in [6.45, 7) is 7.34. The first-order chi connectivity index (χ1) is 12.9. The second-order valence-corrected chi connectivity index (χ2v) is 7.58. The quantitative estimate of drug-likeness (QED) is 0.711. The SMILES string of the molecule is CC(C)c1cccc(C(C)C)c1NC(=O)Cn1cc(C(F)(F)F)cc(Cl)c1=O. The van der Waals surface area contributed by atoms with E-state index in [4.69, 9.17) is 11.6 Å². The van der Waals surface area contributed by atoms with Gasteiger partial charge in [-0.15, -0.1) is 0 Å². The number of nitrogens with zero attached hydrogens (tertiary/aromatic N) is 1. The summed E-state index contributed by atoms with van der Waals surface area (Å²) in [5.41, 5.74) is 0.507. The van der Waals surface area contributed by atoms with Gasteiger partial charge >= 0.3 is 6.18 Å². The average Bonchev–Trinajstić information content (AvgIpc) is 2.57. The van der Waals surface area contributed by atoms with Crippen molar-refractivity contribution in [3.63, 3.8) is 0 Å². The molecule has 1 N–H and O–H groups in total. The molecule has 0 aliphatic carbocycles. The number of aromatic nitrogens is 1. The Morgan fingerprint density at radius 3 is 2.14 bits per heavy atom. The number of benzene rings is 1. The van der Waals surface area contributed by atoms with Crippen LogP contribution in [0.2, 0.25) is 5.02 Å². The van der Waals surface area contributed by atoms with E-state index in [9.17, 15) is 22.8 Å². The molecule has 0 aliphatic rings. The topological polar surface area (TPSA) is 51.1 Å². The van der Waals surface area contributed by atoms with Crippen molar-refractivity contribution >= 4 is 23.2 Å². The van der Waals surface area contributed by atoms with Crippen LogP contribution >= 0.6 is 11.6 Å². The summed E-state index contributed by atoms with van der Waals surface area (Å²) in [5.74, 6) is -0.355. The zero-order chi connectivity index (χ0) is 21.2. The van der Waals surface area contributed by atoms with E-state index in [0.717, 1.165) is 11.1 Å². The summed E-state index contributed by atoms with van der Waals surface area (Å²) in [6.07, 6.45) is -4.07. The van der Waals surface area contributed by atoms with Crippen molar-refractivity contribution in [2.24, 2.45) is 0 Å². The molecule has 1 aromatic carbocycles. The normalized spacial score (nSPS) is 11.9. The number of anilines is 1. The summed E-state index contributed by atoms with van der Waals surface area (Å²) in [6, 6.07) is 6.24. The van der Waals surface area contributed by atoms with E-state index in [-0.39, 0.29) is 11.8 Å². The van der Waals surface area contributed by atoms with Gasteiger partial charge in [-0.25, -0.2) is 0 Å². The third-order valence-corrected chi connectivity index (χ3v) is 4.59. The molecular formula is C20H22ClF3N2O2. The molecule has 0 unspecified atom stereocenters. The van der Waals surface area contributed by atoms with E-state index in [1.165, 1.54) is 0 Å². The van der Waals surface area contributed by atoms with Crippen molar-refractivity contribution in [3.8, 4) is 0 Å². The summed E-state index contributed by atoms with van der Waals surface area (Å²) in [4.78, 5) is 24.6. The lowest BCUT2D eigenvalue weighted by Crippen LogP contribution is -2.29. The molecule has 0 radical (unpaired) electrons. The summed E-state index contributed by atoms with van der Waals surface area (Å²) < 4.78 is 39.6. The Morgan fingerprint density at radius 1 is 1.14 bits per heavy atom. The molecule has 0 fully saturated rings. The van der Waals surface area contributed by atoms with E-state index in [0.29, 0.717) is 22.5 Å². The second-order valence-electron chi connectivity index (χ2n) is 7.18. The van der Waals surface area contributed by atoms with Crippen molar-refractivity contribution in [1.29, 1.82) is 0 Å². The number of rotatable bonds is 5. The Morgan fingerprint density at radius 2 is 1.68 bits per heavy atom. The third kappa shape index (κ3) is 4.95. The number of alkyl halides is 3. The Balaban J connectivity index is 2.39. The molecule has 28 heavy (non-hydrogen) atoms. The van der Waals surface area contributed by atoms with Crippen molar-refractivity contribution in [3.05, 3.63) is 62.5 Å². The van der Waals surface area contributed by atoms with Gasteiger partial charge in [0.1, 0.15) is 11.6 Å². The molecule has 8 heteroatoms. The van der Waals surface area contributed by atoms with Gasteiger partial charge in [-0.3, -0.25) is 9.59 Å². The standard InChI is InChI=1S/C20H22ClF3N2O2/c1-11(2)14-6-5-7-15(12(3)4)18(14)25-17(27)10-26-9-13(20(22,23)24)8-16(21)19(26)28/h5-9,11-12H,10H2,1-4H3,(H,25,27). The monoisotopic (exact) mass is 414 g/mol. The first-order valence-corrected chi connectivity index (χ1v) is 9.19. The average molecular weight is 415 g/mol. The summed E-state index contributed by atoms with van der Waals surface area (Å²) in [7, 11) is 0. The summed E-state index contributed by atoms with van der Waals surface area (Å²) in [5, 5.41) is 2.18. The maximum absolute atomic E-state index is 13.0. The lowest BCUT2D eigenvalue weighted by Gasteiger charge is -2.20. The molecule has 0 saturated heterocycles. The fraction of sp³-hybridized carbons (Fsp3) is 0.400. The van der Waals surface area contributed by atoms with Gasteiger partial charge in [0, 0.05) is 11.9 Å². The minimum Gasteiger partial charge on any atom is -0.324 e. The number of nitrogens with one attached hydrogen (secondary N) is 1. The van der Waals surface area contributed by atoms with Crippen molar-refractivity contribution in [1.82, 2.24) is 4.57 Å². The molecular weight excluding hydrogens is 393 g/mol. The first kappa shape index (κ1) is 22.0. The van der Waals surface area contributed by atoms with Crippen LogP contribution in [-0.4, -0.2) is 10.5 Å². The Hall–Kier alpha value is -2.28. The number of halogens is 4. The van der Waals surface area contributed by atoms with Gasteiger partial charge in [0.25, 0.3) is 5.56 Å². The van der Waals surface area contributed by atoms with Crippen molar-refractivity contribution in [2.45, 2.75) is 52.3 Å². The van der Waals surface area contributed by atoms with Gasteiger partial charge in [-0.1, -0.05) is 57.5 Å². The summed E-state index contributed by atoms with van der Waals surface area (Å²) >= 11 is 5.64. The number of para-hydroxylation sites is 1. The molecule has 152 valence electrons. The molecule has 0 spiro atoms. The van der Waals surface area contributed by atoms with Crippen LogP contribution in [0.4, 0.5) is 18.9 Å². The van der Waals surface area contributed by atoms with Crippen molar-refractivity contribution < 1.29 is 18.0 Å². The fourth-order valence-electron chi connectivity index (χ4n) is 2.90. The van der Waals surface area contributed by atoms with Crippen LogP contribution in [0.1, 0.15) is 56.2 Å². The molecule has 0 aliphatic heterocycles. The molecule has 1 heterocycles. The molecule has 2 rings (SSSR count). The molecule has 1 aromatic heterocycles. The number of hydrogen-bond acceptors (Lipinski definition) is 2. The molecule has 2 aromatic rings. The maximum atomic E-state index is 13.0. The van der Waals surface area contributed by atoms with Crippen LogP contribution in [0.15, 0.2) is 35.3 Å². The Labute approximate surface area is 166 Å². The van der Waals surface area contributed by atoms with E-state index in [1.54, 1.807) is 0 Å². The lowest BCUT2D eigenvalue weighted by molar-refractivity contribution is -0.138. The number of pyridine rings is 1. The van der Waals surface area contributed by atoms with Gasteiger partial charge < -0.3 is 9.88 Å². The molecule has 0 atom stereocenters. The van der Waals surface area contributed by atoms with Crippen LogP contribution in [0.5, 0.6) is 0 Å². The van der Waals surface area contributed by atoms with Gasteiger partial charge in [0.15, 0.2) is 0 Å². The number of carbonyl (C=O) groups is 1. The minimum absolute atomic E-state index is 0.125. The first-order valence-electron chi connectivity index (χ1n) is 8.81. The van der Waals surface area contributed by atoms with Crippen molar-refractivity contribution in [2.75, 3.05) is 5.32 Å². The van der Waals surface area contributed by atoms with Gasteiger partial charge in [-0.05, 0) is 29.0 Å². The molecule has 1 amide bonds. The highest BCUT2D eigenvalue weighted by Crippen LogP contribution is 2.32. The smallest absolute Gasteiger partial charge is 0.324 e. The maximum Gasteiger partial charge on any atom is 0.417 e. The highest BCUT2D eigenvalue weighted by atomic mass is 35.5. The lowest BCUT2D eigenvalue weighted by atomic mass is 9.92. The zero-order valence-corrected chi connectivity index (χ0v) is 16.8. The molecule has 0 saturated carbocycles. The predicted octanol–water partition coefficient (Wildman–Crippen LogP) is 5.41. The van der Waals surface area contributed by atoms with Gasteiger partial charge in [0.2, 0.25) is 5.91 Å².